The van der Waals surface area contributed by atoms with Gasteiger partial charge >= 0.3 is 5.97 Å². The molecule has 0 saturated heterocycles. The lowest BCUT2D eigenvalue weighted by Crippen LogP contribution is -2.05. The Morgan fingerprint density at radius 2 is 1.85 bits per heavy atom. The fraction of sp³-hybridized carbons (Fsp3) is 0.0385. The van der Waals surface area contributed by atoms with Gasteiger partial charge in [0, 0.05) is 34.7 Å². The van der Waals surface area contributed by atoms with Crippen LogP contribution in [-0.4, -0.2) is 22.0 Å². The van der Waals surface area contributed by atoms with Gasteiger partial charge in [-0.05, 0) is 73.2 Å². The number of benzene rings is 3. The zero-order valence-corrected chi connectivity index (χ0v) is 17.6. The summed E-state index contributed by atoms with van der Waals surface area (Å²) < 4.78 is 5.83. The Balaban J connectivity index is 1.35. The van der Waals surface area contributed by atoms with Gasteiger partial charge in [-0.2, -0.15) is 0 Å². The van der Waals surface area contributed by atoms with Crippen LogP contribution >= 0.6 is 0 Å². The van der Waals surface area contributed by atoms with Gasteiger partial charge in [-0.1, -0.05) is 6.07 Å². The zero-order chi connectivity index (χ0) is 22.9. The van der Waals surface area contributed by atoms with Crippen LogP contribution in [0.5, 0.6) is 11.5 Å². The number of carboxylic acid groups (broad SMARTS) is 1. The van der Waals surface area contributed by atoms with Gasteiger partial charge in [0.2, 0.25) is 0 Å². The lowest BCUT2D eigenvalue weighted by molar-refractivity contribution is -0.110. The average Bonchev–Trinajstić information content (AvgIpc) is 3.14. The largest absolute Gasteiger partial charge is 0.478 e. The molecule has 0 unspecified atom stereocenters. The molecule has 0 atom stereocenters. The first-order valence-corrected chi connectivity index (χ1v) is 10.3. The molecule has 33 heavy (non-hydrogen) atoms. The fourth-order valence-electron chi connectivity index (χ4n) is 3.84. The van der Waals surface area contributed by atoms with Crippen LogP contribution in [-0.2, 0) is 4.79 Å². The van der Waals surface area contributed by atoms with Crippen molar-refractivity contribution >= 4 is 39.7 Å². The minimum atomic E-state index is -0.966. The molecule has 1 aromatic heterocycles. The Morgan fingerprint density at radius 3 is 2.61 bits per heavy atom. The fourth-order valence-corrected chi connectivity index (χ4v) is 3.84. The summed E-state index contributed by atoms with van der Waals surface area (Å²) in [5.74, 6) is 0.0251. The van der Waals surface area contributed by atoms with Gasteiger partial charge in [-0.15, -0.1) is 0 Å². The molecule has 3 N–H and O–H groups in total. The average molecular weight is 437 g/mol. The third-order valence-electron chi connectivity index (χ3n) is 5.45. The number of aryl methyl sites for hydroxylation is 1. The van der Waals surface area contributed by atoms with E-state index in [1.165, 1.54) is 6.07 Å². The molecule has 0 fully saturated rings. The first kappa shape index (κ1) is 20.3. The van der Waals surface area contributed by atoms with E-state index in [2.05, 4.69) is 15.6 Å². The number of amides is 1. The Morgan fingerprint density at radius 1 is 1.06 bits per heavy atom. The number of carboxylic acids is 1. The van der Waals surface area contributed by atoms with Crippen LogP contribution in [0, 0.1) is 6.92 Å². The van der Waals surface area contributed by atoms with Crippen LogP contribution in [0.2, 0.25) is 0 Å². The molecule has 0 bridgehead atoms. The molecule has 4 aromatic rings. The van der Waals surface area contributed by atoms with E-state index >= 15 is 0 Å². The number of anilines is 2. The predicted molar refractivity (Wildman–Crippen MR) is 127 cm³/mol. The van der Waals surface area contributed by atoms with Crippen molar-refractivity contribution in [2.75, 3.05) is 10.6 Å². The van der Waals surface area contributed by atoms with E-state index in [-0.39, 0.29) is 11.5 Å². The summed E-state index contributed by atoms with van der Waals surface area (Å²) in [6, 6.07) is 19.7. The van der Waals surface area contributed by atoms with Gasteiger partial charge in [0.15, 0.2) is 0 Å². The van der Waals surface area contributed by atoms with Crippen molar-refractivity contribution in [1.29, 1.82) is 0 Å². The lowest BCUT2D eigenvalue weighted by Gasteiger charge is -2.09. The number of pyridine rings is 1. The number of nitrogens with one attached hydrogen (secondary N) is 2. The number of nitrogens with zero attached hydrogens (tertiary/aromatic N) is 1. The van der Waals surface area contributed by atoms with Crippen LogP contribution in [0.15, 0.2) is 79.1 Å². The molecule has 2 heterocycles. The van der Waals surface area contributed by atoms with E-state index in [4.69, 9.17) is 9.84 Å². The van der Waals surface area contributed by atoms with Gasteiger partial charge in [0.25, 0.3) is 5.91 Å². The number of hydrogen-bond acceptors (Lipinski definition) is 5. The second-order valence-electron chi connectivity index (χ2n) is 7.62. The van der Waals surface area contributed by atoms with Crippen LogP contribution in [0.3, 0.4) is 0 Å². The van der Waals surface area contributed by atoms with Gasteiger partial charge in [-0.25, -0.2) is 4.79 Å². The summed E-state index contributed by atoms with van der Waals surface area (Å²) in [7, 11) is 0. The van der Waals surface area contributed by atoms with Gasteiger partial charge in [0.05, 0.1) is 16.7 Å². The highest BCUT2D eigenvalue weighted by atomic mass is 16.5. The molecule has 1 amide bonds. The molecule has 7 heteroatoms. The van der Waals surface area contributed by atoms with Gasteiger partial charge in [0.1, 0.15) is 11.5 Å². The maximum absolute atomic E-state index is 12.6. The summed E-state index contributed by atoms with van der Waals surface area (Å²) in [5.41, 5.74) is 4.62. The SMILES string of the molecule is Cc1cc(Oc2ccc(N/C=C3\C(=O)Nc4ccc5ncccc5c43)cc2)ccc1C(=O)O. The Bertz CT molecular complexity index is 1440. The summed E-state index contributed by atoms with van der Waals surface area (Å²) >= 11 is 0. The molecule has 1 aliphatic heterocycles. The first-order valence-electron chi connectivity index (χ1n) is 10.3. The van der Waals surface area contributed by atoms with E-state index in [1.54, 1.807) is 43.6 Å². The van der Waals surface area contributed by atoms with Crippen LogP contribution in [0.4, 0.5) is 11.4 Å². The van der Waals surface area contributed by atoms with Gasteiger partial charge < -0.3 is 20.5 Å². The highest BCUT2D eigenvalue weighted by molar-refractivity contribution is 6.34. The summed E-state index contributed by atoms with van der Waals surface area (Å²) in [6.07, 6.45) is 3.42. The molecule has 0 spiro atoms. The van der Waals surface area contributed by atoms with Crippen molar-refractivity contribution in [2.45, 2.75) is 6.92 Å². The molecule has 5 rings (SSSR count). The predicted octanol–water partition coefficient (Wildman–Crippen LogP) is 5.44. The van der Waals surface area contributed by atoms with Crippen molar-refractivity contribution in [3.63, 3.8) is 0 Å². The normalized spacial score (nSPS) is 13.6. The minimum Gasteiger partial charge on any atom is -0.478 e. The molecule has 7 nitrogen and oxygen atoms in total. The number of hydrogen-bond donors (Lipinski definition) is 3. The van der Waals surface area contributed by atoms with E-state index in [0.29, 0.717) is 22.6 Å². The van der Waals surface area contributed by atoms with Crippen molar-refractivity contribution in [3.05, 3.63) is 95.8 Å². The van der Waals surface area contributed by atoms with Crippen molar-refractivity contribution < 1.29 is 19.4 Å². The van der Waals surface area contributed by atoms with E-state index in [1.807, 2.05) is 36.4 Å². The number of ether oxygens (including phenoxy) is 1. The van der Waals surface area contributed by atoms with Gasteiger partial charge in [-0.3, -0.25) is 9.78 Å². The third-order valence-corrected chi connectivity index (χ3v) is 5.45. The number of fused-ring (bicyclic) bond motifs is 3. The Kier molecular flexibility index (Phi) is 4.99. The molecular formula is C26H19N3O4. The van der Waals surface area contributed by atoms with E-state index in [9.17, 15) is 9.59 Å². The monoisotopic (exact) mass is 437 g/mol. The maximum atomic E-state index is 12.6. The summed E-state index contributed by atoms with van der Waals surface area (Å²) in [5, 5.41) is 16.1. The topological polar surface area (TPSA) is 101 Å². The maximum Gasteiger partial charge on any atom is 0.335 e. The van der Waals surface area contributed by atoms with Crippen molar-refractivity contribution in [2.24, 2.45) is 0 Å². The Hall–Kier alpha value is -4.65. The first-order chi connectivity index (χ1) is 16.0. The molecule has 0 radical (unpaired) electrons. The molecule has 3 aromatic carbocycles. The highest BCUT2D eigenvalue weighted by Crippen LogP contribution is 2.37. The van der Waals surface area contributed by atoms with Crippen molar-refractivity contribution in [1.82, 2.24) is 4.98 Å². The zero-order valence-electron chi connectivity index (χ0n) is 17.6. The molecule has 0 saturated carbocycles. The Labute approximate surface area is 189 Å². The van der Waals surface area contributed by atoms with Crippen LogP contribution in [0.25, 0.3) is 16.5 Å². The summed E-state index contributed by atoms with van der Waals surface area (Å²) in [6.45, 7) is 1.73. The smallest absolute Gasteiger partial charge is 0.335 e. The van der Waals surface area contributed by atoms with Crippen molar-refractivity contribution in [3.8, 4) is 11.5 Å². The number of carbonyl (C=O) groups excluding carboxylic acids is 1. The molecular weight excluding hydrogens is 418 g/mol. The lowest BCUT2D eigenvalue weighted by atomic mass is 10.0. The minimum absolute atomic E-state index is 0.172. The number of aromatic carboxylic acids is 1. The highest BCUT2D eigenvalue weighted by Gasteiger charge is 2.26. The number of aromatic nitrogens is 1. The van der Waals surface area contributed by atoms with E-state index in [0.717, 1.165) is 27.8 Å². The standard InChI is InChI=1S/C26H19N3O4/c1-15-13-18(8-9-19(15)26(31)32)33-17-6-4-16(5-7-17)28-14-21-24-20-3-2-12-27-22(20)10-11-23(24)29-25(21)30/h2-14,28H,1H3,(H,29,30)(H,31,32)/b21-14-. The van der Waals surface area contributed by atoms with E-state index < -0.39 is 5.97 Å². The second-order valence-corrected chi connectivity index (χ2v) is 7.62. The third kappa shape index (κ3) is 3.87. The molecule has 0 aliphatic carbocycles. The second kappa shape index (κ2) is 8.12. The molecule has 162 valence electrons. The number of carbonyl (C=O) groups is 2. The molecule has 1 aliphatic rings. The summed E-state index contributed by atoms with van der Waals surface area (Å²) in [4.78, 5) is 28.1. The number of rotatable bonds is 5. The van der Waals surface area contributed by atoms with Crippen LogP contribution in [0.1, 0.15) is 21.5 Å². The quantitative estimate of drug-likeness (QED) is 0.360. The van der Waals surface area contributed by atoms with Crippen LogP contribution < -0.4 is 15.4 Å².